The van der Waals surface area contributed by atoms with Crippen molar-refractivity contribution in [2.45, 2.75) is 6.18 Å². The molecule has 1 heterocycles. The van der Waals surface area contributed by atoms with E-state index in [-0.39, 0.29) is 17.2 Å². The summed E-state index contributed by atoms with van der Waals surface area (Å²) in [6, 6.07) is 11.2. The molecule has 3 rings (SSSR count). The topological polar surface area (TPSA) is 62.3 Å². The molecule has 9 heteroatoms. The van der Waals surface area contributed by atoms with Crippen LogP contribution in [0.25, 0.3) is 10.6 Å². The number of carbonyl (C=O) groups excluding carboxylic acids is 2. The number of carbonyl (C=O) groups is 2. The predicted octanol–water partition coefficient (Wildman–Crippen LogP) is 4.78. The highest BCUT2D eigenvalue weighted by Crippen LogP contribution is 2.33. The number of rotatable bonds is 4. The molecule has 29 heavy (non-hydrogen) atoms. The Bertz CT molecular complexity index is 1060. The third-order valence-electron chi connectivity index (χ3n) is 3.95. The van der Waals surface area contributed by atoms with E-state index in [1.165, 1.54) is 22.4 Å². The number of amides is 2. The molecule has 3 aromatic rings. The van der Waals surface area contributed by atoms with Crippen molar-refractivity contribution in [2.75, 3.05) is 19.4 Å². The summed E-state index contributed by atoms with van der Waals surface area (Å²) in [5.74, 6) is -0.726. The van der Waals surface area contributed by atoms with Gasteiger partial charge in [-0.05, 0) is 30.3 Å². The molecule has 0 saturated heterocycles. The second kappa shape index (κ2) is 8.04. The molecular formula is C20H16F3N3O2S. The zero-order chi connectivity index (χ0) is 21.2. The molecular weight excluding hydrogens is 403 g/mol. The van der Waals surface area contributed by atoms with Crippen molar-refractivity contribution in [3.05, 3.63) is 70.7 Å². The van der Waals surface area contributed by atoms with Gasteiger partial charge in [0, 0.05) is 36.3 Å². The number of nitrogens with one attached hydrogen (secondary N) is 1. The number of benzene rings is 2. The first-order valence-electron chi connectivity index (χ1n) is 8.41. The van der Waals surface area contributed by atoms with E-state index in [0.717, 1.165) is 23.5 Å². The first kappa shape index (κ1) is 20.5. The fraction of sp³-hybridized carbons (Fsp3) is 0.150. The van der Waals surface area contributed by atoms with Gasteiger partial charge in [0.25, 0.3) is 11.8 Å². The van der Waals surface area contributed by atoms with Gasteiger partial charge in [-0.3, -0.25) is 9.59 Å². The summed E-state index contributed by atoms with van der Waals surface area (Å²) in [7, 11) is 3.25. The first-order valence-corrected chi connectivity index (χ1v) is 9.29. The van der Waals surface area contributed by atoms with Crippen LogP contribution in [0.2, 0.25) is 0 Å². The lowest BCUT2D eigenvalue weighted by Crippen LogP contribution is -2.22. The third kappa shape index (κ3) is 4.80. The average Bonchev–Trinajstić information content (AvgIpc) is 3.17. The van der Waals surface area contributed by atoms with Crippen molar-refractivity contribution in [3.8, 4) is 10.6 Å². The van der Waals surface area contributed by atoms with Gasteiger partial charge in [-0.1, -0.05) is 18.2 Å². The van der Waals surface area contributed by atoms with E-state index in [0.29, 0.717) is 16.3 Å². The number of alkyl halides is 3. The Kier molecular flexibility index (Phi) is 5.69. The van der Waals surface area contributed by atoms with Crippen molar-refractivity contribution >= 4 is 28.8 Å². The molecule has 5 nitrogen and oxygen atoms in total. The van der Waals surface area contributed by atoms with Crippen molar-refractivity contribution < 1.29 is 22.8 Å². The summed E-state index contributed by atoms with van der Waals surface area (Å²) in [5.41, 5.74) is 0.403. The molecule has 2 aromatic carbocycles. The highest BCUT2D eigenvalue weighted by molar-refractivity contribution is 7.13. The summed E-state index contributed by atoms with van der Waals surface area (Å²) in [4.78, 5) is 30.1. The molecule has 0 aliphatic rings. The standard InChI is InChI=1S/C20H16F3N3O2S/c1-26(2)19(28)13-6-4-8-15(10-13)24-17(27)16-11-29-18(25-16)12-5-3-7-14(9-12)20(21,22)23/h3-11H,1-2H3,(H,24,27). The number of anilines is 1. The molecule has 0 bridgehead atoms. The summed E-state index contributed by atoms with van der Waals surface area (Å²) < 4.78 is 38.7. The molecule has 0 saturated carbocycles. The van der Waals surface area contributed by atoms with Crippen molar-refractivity contribution in [1.82, 2.24) is 9.88 Å². The lowest BCUT2D eigenvalue weighted by molar-refractivity contribution is -0.137. The van der Waals surface area contributed by atoms with Gasteiger partial charge in [0.1, 0.15) is 10.7 Å². The summed E-state index contributed by atoms with van der Waals surface area (Å²) in [6.07, 6.45) is -4.46. The Morgan fingerprint density at radius 2 is 1.79 bits per heavy atom. The maximum atomic E-state index is 12.9. The van der Waals surface area contributed by atoms with Gasteiger partial charge in [0.15, 0.2) is 0 Å². The van der Waals surface area contributed by atoms with Gasteiger partial charge < -0.3 is 10.2 Å². The van der Waals surface area contributed by atoms with Crippen LogP contribution in [0.3, 0.4) is 0 Å². The molecule has 0 unspecified atom stereocenters. The van der Waals surface area contributed by atoms with E-state index in [1.54, 1.807) is 38.4 Å². The van der Waals surface area contributed by atoms with Crippen LogP contribution in [0.1, 0.15) is 26.4 Å². The monoisotopic (exact) mass is 419 g/mol. The number of halogens is 3. The smallest absolute Gasteiger partial charge is 0.345 e. The maximum absolute atomic E-state index is 12.9. The van der Waals surface area contributed by atoms with Gasteiger partial charge in [-0.15, -0.1) is 11.3 Å². The zero-order valence-corrected chi connectivity index (χ0v) is 16.3. The van der Waals surface area contributed by atoms with Crippen LogP contribution in [0.4, 0.5) is 18.9 Å². The lowest BCUT2D eigenvalue weighted by Gasteiger charge is -2.11. The van der Waals surface area contributed by atoms with E-state index >= 15 is 0 Å². The van der Waals surface area contributed by atoms with E-state index < -0.39 is 17.6 Å². The number of hydrogen-bond acceptors (Lipinski definition) is 4. The Balaban J connectivity index is 1.79. The number of thiazole rings is 1. The predicted molar refractivity (Wildman–Crippen MR) is 105 cm³/mol. The number of nitrogens with zero attached hydrogens (tertiary/aromatic N) is 2. The molecule has 0 spiro atoms. The van der Waals surface area contributed by atoms with Crippen LogP contribution in [-0.2, 0) is 6.18 Å². The normalized spacial score (nSPS) is 11.2. The van der Waals surface area contributed by atoms with Crippen molar-refractivity contribution in [1.29, 1.82) is 0 Å². The molecule has 150 valence electrons. The van der Waals surface area contributed by atoms with Gasteiger partial charge in [0.2, 0.25) is 0 Å². The van der Waals surface area contributed by atoms with Crippen LogP contribution in [0.15, 0.2) is 53.9 Å². The van der Waals surface area contributed by atoms with E-state index in [1.807, 2.05) is 0 Å². The van der Waals surface area contributed by atoms with Crippen LogP contribution < -0.4 is 5.32 Å². The van der Waals surface area contributed by atoms with Gasteiger partial charge in [-0.25, -0.2) is 4.98 Å². The molecule has 2 amide bonds. The minimum absolute atomic E-state index is 0.0757. The third-order valence-corrected chi connectivity index (χ3v) is 4.84. The van der Waals surface area contributed by atoms with E-state index in [4.69, 9.17) is 0 Å². The van der Waals surface area contributed by atoms with E-state index in [9.17, 15) is 22.8 Å². The SMILES string of the molecule is CN(C)C(=O)c1cccc(NC(=O)c2csc(-c3cccc(C(F)(F)F)c3)n2)c1. The molecule has 0 atom stereocenters. The van der Waals surface area contributed by atoms with Crippen molar-refractivity contribution in [2.24, 2.45) is 0 Å². The largest absolute Gasteiger partial charge is 0.416 e. The average molecular weight is 419 g/mol. The minimum Gasteiger partial charge on any atom is -0.345 e. The van der Waals surface area contributed by atoms with Crippen LogP contribution in [0.5, 0.6) is 0 Å². The summed E-state index contributed by atoms with van der Waals surface area (Å²) in [6.45, 7) is 0. The van der Waals surface area contributed by atoms with Crippen LogP contribution in [-0.4, -0.2) is 35.8 Å². The Morgan fingerprint density at radius 1 is 1.07 bits per heavy atom. The van der Waals surface area contributed by atoms with Gasteiger partial charge >= 0.3 is 6.18 Å². The Labute approximate surface area is 168 Å². The van der Waals surface area contributed by atoms with Crippen LogP contribution >= 0.6 is 11.3 Å². The second-order valence-corrected chi connectivity index (χ2v) is 7.21. The van der Waals surface area contributed by atoms with E-state index in [2.05, 4.69) is 10.3 Å². The molecule has 0 aliphatic heterocycles. The lowest BCUT2D eigenvalue weighted by atomic mass is 10.1. The second-order valence-electron chi connectivity index (χ2n) is 6.35. The fourth-order valence-corrected chi connectivity index (χ4v) is 3.32. The highest BCUT2D eigenvalue weighted by Gasteiger charge is 2.30. The molecule has 1 aromatic heterocycles. The van der Waals surface area contributed by atoms with Gasteiger partial charge in [0.05, 0.1) is 5.56 Å². The zero-order valence-electron chi connectivity index (χ0n) is 15.4. The fourth-order valence-electron chi connectivity index (χ4n) is 2.52. The maximum Gasteiger partial charge on any atom is 0.416 e. The number of hydrogen-bond donors (Lipinski definition) is 1. The van der Waals surface area contributed by atoms with Gasteiger partial charge in [-0.2, -0.15) is 13.2 Å². The summed E-state index contributed by atoms with van der Waals surface area (Å²) in [5, 5.41) is 4.42. The molecule has 0 fully saturated rings. The number of aromatic nitrogens is 1. The Hall–Kier alpha value is -3.20. The Morgan fingerprint density at radius 3 is 2.48 bits per heavy atom. The van der Waals surface area contributed by atoms with Crippen molar-refractivity contribution in [3.63, 3.8) is 0 Å². The summed E-state index contributed by atoms with van der Waals surface area (Å²) >= 11 is 1.07. The highest BCUT2D eigenvalue weighted by atomic mass is 32.1. The first-order chi connectivity index (χ1) is 13.6. The van der Waals surface area contributed by atoms with Crippen LogP contribution in [0, 0.1) is 0 Å². The quantitative estimate of drug-likeness (QED) is 0.662. The molecule has 0 aliphatic carbocycles. The molecule has 1 N–H and O–H groups in total. The molecule has 0 radical (unpaired) electrons. The minimum atomic E-state index is -4.46.